The van der Waals surface area contributed by atoms with Crippen LogP contribution in [0.2, 0.25) is 0 Å². The summed E-state index contributed by atoms with van der Waals surface area (Å²) in [7, 11) is 0. The van der Waals surface area contributed by atoms with Crippen LogP contribution in [0.1, 0.15) is 5.56 Å². The van der Waals surface area contributed by atoms with Crippen molar-refractivity contribution in [2.45, 2.75) is 17.4 Å². The van der Waals surface area contributed by atoms with E-state index in [1.54, 1.807) is 9.80 Å². The number of carboxylic acids is 3. The molecule has 1 aromatic rings. The second kappa shape index (κ2) is 14.5. The Bertz CT molecular complexity index is 862. The molecule has 0 radical (unpaired) electrons. The molecule has 11 nitrogen and oxygen atoms in total. The first kappa shape index (κ1) is 27.6. The first-order chi connectivity index (χ1) is 16.3. The maximum atomic E-state index is 11.6. The normalized spacial score (nSPS) is 19.4. The van der Waals surface area contributed by atoms with Crippen molar-refractivity contribution in [2.75, 3.05) is 65.4 Å². The van der Waals surface area contributed by atoms with Crippen LogP contribution in [0.4, 0.5) is 0 Å². The fourth-order valence-electron chi connectivity index (χ4n) is 3.89. The molecule has 4 N–H and O–H groups in total. The second-order valence-electron chi connectivity index (χ2n) is 8.10. The van der Waals surface area contributed by atoms with Gasteiger partial charge in [0.2, 0.25) is 0 Å². The number of carboxylic acid groups (broad SMARTS) is 3. The summed E-state index contributed by atoms with van der Waals surface area (Å²) >= 11 is 1.07. The van der Waals surface area contributed by atoms with Gasteiger partial charge in [0.15, 0.2) is 0 Å². The fraction of sp³-hybridized carbons (Fsp3) is 0.545. The van der Waals surface area contributed by atoms with Crippen molar-refractivity contribution in [3.63, 3.8) is 0 Å². The van der Waals surface area contributed by atoms with Gasteiger partial charge in [0.05, 0.1) is 19.6 Å². The lowest BCUT2D eigenvalue weighted by atomic mass is 10.0. The predicted octanol–water partition coefficient (Wildman–Crippen LogP) is -0.0661. The van der Waals surface area contributed by atoms with Crippen molar-refractivity contribution >= 4 is 29.7 Å². The number of nitrogens with zero attached hydrogens (tertiary/aromatic N) is 4. The highest BCUT2D eigenvalue weighted by Gasteiger charge is 2.24. The van der Waals surface area contributed by atoms with E-state index in [4.69, 9.17) is 5.26 Å². The predicted molar refractivity (Wildman–Crippen MR) is 126 cm³/mol. The molecule has 1 aromatic carbocycles. The van der Waals surface area contributed by atoms with E-state index < -0.39 is 17.9 Å². The van der Waals surface area contributed by atoms with Crippen LogP contribution in [0.3, 0.4) is 0 Å². The standard InChI is InChI=1S/C22H31N5O6S/c23-16-34-19-3-1-17(2-4-19)11-18-12-24-5-6-25(13-20(28)29)7-8-26(14-21(30)31)9-10-27(18)15-22(32)33/h1-4,18,24H,5-15H2,(H,28,29)(H,30,31)(H,32,33). The number of thiocyanates is 1. The van der Waals surface area contributed by atoms with Gasteiger partial charge in [-0.15, -0.1) is 0 Å². The quantitative estimate of drug-likeness (QED) is 0.269. The molecule has 0 amide bonds. The second-order valence-corrected chi connectivity index (χ2v) is 8.96. The molecule has 1 heterocycles. The average Bonchev–Trinajstić information content (AvgIpc) is 2.76. The topological polar surface area (TPSA) is 157 Å². The lowest BCUT2D eigenvalue weighted by Gasteiger charge is -2.34. The van der Waals surface area contributed by atoms with Crippen LogP contribution < -0.4 is 5.32 Å². The number of nitrogens with one attached hydrogen (secondary N) is 1. The lowest BCUT2D eigenvalue weighted by Crippen LogP contribution is -2.52. The minimum absolute atomic E-state index is 0.135. The fourth-order valence-corrected chi connectivity index (χ4v) is 4.27. The molecular weight excluding hydrogens is 462 g/mol. The van der Waals surface area contributed by atoms with E-state index in [0.29, 0.717) is 52.2 Å². The highest BCUT2D eigenvalue weighted by molar-refractivity contribution is 8.03. The molecule has 34 heavy (non-hydrogen) atoms. The Labute approximate surface area is 202 Å². The lowest BCUT2D eigenvalue weighted by molar-refractivity contribution is -0.140. The molecule has 0 saturated carbocycles. The van der Waals surface area contributed by atoms with Gasteiger partial charge in [0.1, 0.15) is 5.40 Å². The Hall–Kier alpha value is -2.69. The van der Waals surface area contributed by atoms with E-state index in [9.17, 15) is 29.7 Å². The van der Waals surface area contributed by atoms with Crippen molar-refractivity contribution in [3.05, 3.63) is 29.8 Å². The molecule has 1 fully saturated rings. The largest absolute Gasteiger partial charge is 0.480 e. The molecule has 0 aliphatic carbocycles. The van der Waals surface area contributed by atoms with Crippen LogP contribution in [-0.4, -0.2) is 119 Å². The van der Waals surface area contributed by atoms with Gasteiger partial charge in [-0.2, -0.15) is 5.26 Å². The third-order valence-electron chi connectivity index (χ3n) is 5.55. The van der Waals surface area contributed by atoms with Crippen molar-refractivity contribution < 1.29 is 29.7 Å². The van der Waals surface area contributed by atoms with Crippen LogP contribution >= 0.6 is 11.8 Å². The van der Waals surface area contributed by atoms with Crippen molar-refractivity contribution in [1.29, 1.82) is 5.26 Å². The van der Waals surface area contributed by atoms with E-state index in [1.807, 2.05) is 34.6 Å². The molecule has 1 saturated heterocycles. The number of thioether (sulfide) groups is 1. The summed E-state index contributed by atoms with van der Waals surface area (Å²) in [5.41, 5.74) is 0.992. The third kappa shape index (κ3) is 10.5. The molecule has 1 aliphatic heterocycles. The van der Waals surface area contributed by atoms with Gasteiger partial charge in [0.25, 0.3) is 0 Å². The zero-order valence-electron chi connectivity index (χ0n) is 18.9. The van der Waals surface area contributed by atoms with Crippen LogP contribution in [0.25, 0.3) is 0 Å². The van der Waals surface area contributed by atoms with E-state index in [2.05, 4.69) is 5.32 Å². The van der Waals surface area contributed by atoms with Crippen LogP contribution in [-0.2, 0) is 20.8 Å². The monoisotopic (exact) mass is 493 g/mol. The van der Waals surface area contributed by atoms with Crippen LogP contribution in [0.5, 0.6) is 0 Å². The molecule has 1 aliphatic rings. The van der Waals surface area contributed by atoms with Gasteiger partial charge in [0, 0.05) is 56.8 Å². The Morgan fingerprint density at radius 3 is 2.03 bits per heavy atom. The summed E-state index contributed by atoms with van der Waals surface area (Å²) < 4.78 is 0. The van der Waals surface area contributed by atoms with E-state index in [1.165, 1.54) is 0 Å². The molecule has 2 rings (SSSR count). The summed E-state index contributed by atoms with van der Waals surface area (Å²) in [6, 6.07) is 7.36. The first-order valence-corrected chi connectivity index (χ1v) is 11.8. The van der Waals surface area contributed by atoms with Gasteiger partial charge in [-0.3, -0.25) is 29.1 Å². The average molecular weight is 494 g/mol. The molecular formula is C22H31N5O6S. The number of carbonyl (C=O) groups is 3. The van der Waals surface area contributed by atoms with Gasteiger partial charge in [-0.05, 0) is 35.9 Å². The summed E-state index contributed by atoms with van der Waals surface area (Å²) in [6.45, 7) is 2.41. The maximum absolute atomic E-state index is 11.6. The Balaban J connectivity index is 2.21. The summed E-state index contributed by atoms with van der Waals surface area (Å²) in [6.07, 6.45) is 0.565. The van der Waals surface area contributed by atoms with Gasteiger partial charge in [-0.25, -0.2) is 0 Å². The highest BCUT2D eigenvalue weighted by atomic mass is 32.2. The number of nitriles is 1. The molecule has 0 spiro atoms. The smallest absolute Gasteiger partial charge is 0.317 e. The SMILES string of the molecule is N#CSc1ccc(CC2CNCCN(CC(=O)O)CCN(CC(=O)O)CCN2CC(=O)O)cc1. The summed E-state index contributed by atoms with van der Waals surface area (Å²) in [5.74, 6) is -2.90. The Kier molecular flexibility index (Phi) is 11.8. The molecule has 1 unspecified atom stereocenters. The zero-order valence-corrected chi connectivity index (χ0v) is 19.7. The van der Waals surface area contributed by atoms with Crippen LogP contribution in [0, 0.1) is 10.7 Å². The molecule has 0 aromatic heterocycles. The van der Waals surface area contributed by atoms with Crippen molar-refractivity contribution in [3.8, 4) is 5.40 Å². The van der Waals surface area contributed by atoms with Crippen molar-refractivity contribution in [1.82, 2.24) is 20.0 Å². The minimum Gasteiger partial charge on any atom is -0.480 e. The molecule has 186 valence electrons. The summed E-state index contributed by atoms with van der Waals surface area (Å²) in [5, 5.41) is 42.2. The Morgan fingerprint density at radius 1 is 0.912 bits per heavy atom. The van der Waals surface area contributed by atoms with E-state index >= 15 is 0 Å². The Morgan fingerprint density at radius 2 is 1.47 bits per heavy atom. The van der Waals surface area contributed by atoms with Crippen LogP contribution in [0.15, 0.2) is 29.2 Å². The first-order valence-electron chi connectivity index (χ1n) is 11.0. The highest BCUT2D eigenvalue weighted by Crippen LogP contribution is 2.18. The van der Waals surface area contributed by atoms with E-state index in [0.717, 1.165) is 22.2 Å². The van der Waals surface area contributed by atoms with Gasteiger partial charge < -0.3 is 20.6 Å². The molecule has 1 atom stereocenters. The number of benzene rings is 1. The van der Waals surface area contributed by atoms with Gasteiger partial charge >= 0.3 is 17.9 Å². The maximum Gasteiger partial charge on any atom is 0.317 e. The van der Waals surface area contributed by atoms with Crippen molar-refractivity contribution in [2.24, 2.45) is 0 Å². The number of hydrogen-bond donors (Lipinski definition) is 4. The number of rotatable bonds is 9. The molecule has 0 bridgehead atoms. The zero-order chi connectivity index (χ0) is 24.9. The van der Waals surface area contributed by atoms with Gasteiger partial charge in [-0.1, -0.05) is 12.1 Å². The number of hydrogen-bond acceptors (Lipinski definition) is 9. The van der Waals surface area contributed by atoms with E-state index in [-0.39, 0.29) is 25.7 Å². The summed E-state index contributed by atoms with van der Waals surface area (Å²) in [4.78, 5) is 40.3. The minimum atomic E-state index is -0.991. The molecule has 12 heteroatoms. The third-order valence-corrected chi connectivity index (χ3v) is 6.15. The number of aliphatic carboxylic acids is 3.